The number of ether oxygens (including phenoxy) is 2. The SMILES string of the molecule is CCc1cccc(OCC(=O)N(CCC(=O)OC)C2CCCCCC2)c1. The van der Waals surface area contributed by atoms with E-state index in [2.05, 4.69) is 6.92 Å². The van der Waals surface area contributed by atoms with Crippen LogP contribution in [0.2, 0.25) is 0 Å². The molecule has 5 nitrogen and oxygen atoms in total. The number of methoxy groups -OCH3 is 1. The summed E-state index contributed by atoms with van der Waals surface area (Å²) >= 11 is 0. The molecule has 0 bridgehead atoms. The van der Waals surface area contributed by atoms with Gasteiger partial charge in [0.1, 0.15) is 5.75 Å². The second kappa shape index (κ2) is 10.8. The summed E-state index contributed by atoms with van der Waals surface area (Å²) in [7, 11) is 1.38. The monoisotopic (exact) mass is 361 g/mol. The Morgan fingerprint density at radius 2 is 1.88 bits per heavy atom. The van der Waals surface area contributed by atoms with Crippen LogP contribution in [0.4, 0.5) is 0 Å². The van der Waals surface area contributed by atoms with Gasteiger partial charge in [-0.1, -0.05) is 44.7 Å². The summed E-state index contributed by atoms with van der Waals surface area (Å²) < 4.78 is 10.5. The van der Waals surface area contributed by atoms with Crippen LogP contribution in [-0.2, 0) is 20.7 Å². The Hall–Kier alpha value is -2.04. The molecule has 0 aromatic heterocycles. The van der Waals surface area contributed by atoms with E-state index >= 15 is 0 Å². The van der Waals surface area contributed by atoms with Crippen molar-refractivity contribution in [1.29, 1.82) is 0 Å². The number of nitrogens with zero attached hydrogens (tertiary/aromatic N) is 1. The highest BCUT2D eigenvalue weighted by molar-refractivity contribution is 5.79. The zero-order chi connectivity index (χ0) is 18.8. The highest BCUT2D eigenvalue weighted by Gasteiger charge is 2.25. The molecule has 0 heterocycles. The minimum atomic E-state index is -0.284. The molecule has 1 amide bonds. The normalized spacial score (nSPS) is 15.2. The molecule has 2 rings (SSSR count). The highest BCUT2D eigenvalue weighted by atomic mass is 16.5. The average Bonchev–Trinajstić information content (AvgIpc) is 2.95. The fourth-order valence-corrected chi connectivity index (χ4v) is 3.48. The first kappa shape index (κ1) is 20.3. The maximum atomic E-state index is 12.8. The lowest BCUT2D eigenvalue weighted by Crippen LogP contribution is -2.44. The average molecular weight is 361 g/mol. The van der Waals surface area contributed by atoms with E-state index in [0.29, 0.717) is 12.3 Å². The molecule has 26 heavy (non-hydrogen) atoms. The number of carbonyl (C=O) groups is 2. The summed E-state index contributed by atoms with van der Waals surface area (Å²) in [6, 6.07) is 8.02. The van der Waals surface area contributed by atoms with Gasteiger partial charge in [-0.15, -0.1) is 0 Å². The van der Waals surface area contributed by atoms with Crippen molar-refractivity contribution in [2.24, 2.45) is 0 Å². The molecule has 0 saturated heterocycles. The fraction of sp³-hybridized carbons (Fsp3) is 0.619. The van der Waals surface area contributed by atoms with Gasteiger partial charge in [0.15, 0.2) is 6.61 Å². The Kier molecular flexibility index (Phi) is 8.45. The first-order valence-corrected chi connectivity index (χ1v) is 9.72. The molecule has 5 heteroatoms. The Labute approximate surface area is 156 Å². The molecule has 144 valence electrons. The largest absolute Gasteiger partial charge is 0.484 e. The molecule has 0 aliphatic heterocycles. The van der Waals surface area contributed by atoms with Crippen LogP contribution >= 0.6 is 0 Å². The molecule has 1 saturated carbocycles. The summed E-state index contributed by atoms with van der Waals surface area (Å²) in [5.74, 6) is 0.377. The van der Waals surface area contributed by atoms with Gasteiger partial charge in [-0.05, 0) is 37.0 Å². The van der Waals surface area contributed by atoms with Gasteiger partial charge in [-0.2, -0.15) is 0 Å². The van der Waals surface area contributed by atoms with E-state index in [9.17, 15) is 9.59 Å². The molecule has 0 spiro atoms. The number of aryl methyl sites for hydroxylation is 1. The summed E-state index contributed by atoms with van der Waals surface area (Å²) in [5.41, 5.74) is 1.18. The van der Waals surface area contributed by atoms with Crippen LogP contribution in [0.25, 0.3) is 0 Å². The maximum absolute atomic E-state index is 12.8. The molecule has 0 atom stereocenters. The third-order valence-corrected chi connectivity index (χ3v) is 5.04. The Balaban J connectivity index is 1.99. The van der Waals surface area contributed by atoms with Crippen molar-refractivity contribution in [1.82, 2.24) is 4.90 Å². The standard InChI is InChI=1S/C21H31NO4/c1-3-17-9-8-12-19(15-17)26-16-20(23)22(14-13-21(24)25-2)18-10-6-4-5-7-11-18/h8-9,12,15,18H,3-7,10-11,13-14,16H2,1-2H3. The van der Waals surface area contributed by atoms with Crippen LogP contribution in [0.5, 0.6) is 5.75 Å². The zero-order valence-corrected chi connectivity index (χ0v) is 16.0. The summed E-state index contributed by atoms with van der Waals surface area (Å²) in [4.78, 5) is 26.2. The van der Waals surface area contributed by atoms with E-state index < -0.39 is 0 Å². The third-order valence-electron chi connectivity index (χ3n) is 5.04. The fourth-order valence-electron chi connectivity index (χ4n) is 3.48. The molecular weight excluding hydrogens is 330 g/mol. The van der Waals surface area contributed by atoms with E-state index in [1.165, 1.54) is 25.5 Å². The third kappa shape index (κ3) is 6.36. The number of hydrogen-bond acceptors (Lipinski definition) is 4. The van der Waals surface area contributed by atoms with Crippen LogP contribution < -0.4 is 4.74 Å². The zero-order valence-electron chi connectivity index (χ0n) is 16.0. The van der Waals surface area contributed by atoms with Crippen LogP contribution in [0.3, 0.4) is 0 Å². The number of hydrogen-bond donors (Lipinski definition) is 0. The van der Waals surface area contributed by atoms with Gasteiger partial charge in [0.25, 0.3) is 5.91 Å². The predicted octanol–water partition coefficient (Wildman–Crippen LogP) is 3.74. The van der Waals surface area contributed by atoms with Gasteiger partial charge >= 0.3 is 5.97 Å². The Bertz CT molecular complexity index is 579. The lowest BCUT2D eigenvalue weighted by molar-refractivity contribution is -0.143. The van der Waals surface area contributed by atoms with Gasteiger partial charge in [0.05, 0.1) is 13.5 Å². The minimum Gasteiger partial charge on any atom is -0.484 e. The van der Waals surface area contributed by atoms with Crippen LogP contribution in [-0.4, -0.2) is 43.1 Å². The molecule has 0 N–H and O–H groups in total. The number of amides is 1. The number of carbonyl (C=O) groups excluding carboxylic acids is 2. The number of esters is 1. The first-order chi connectivity index (χ1) is 12.6. The van der Waals surface area contributed by atoms with E-state index in [-0.39, 0.29) is 30.9 Å². The maximum Gasteiger partial charge on any atom is 0.307 e. The van der Waals surface area contributed by atoms with E-state index in [1.54, 1.807) is 0 Å². The summed E-state index contributed by atoms with van der Waals surface area (Å²) in [6.07, 6.45) is 7.85. The number of benzene rings is 1. The second-order valence-corrected chi connectivity index (χ2v) is 6.85. The lowest BCUT2D eigenvalue weighted by Gasteiger charge is -2.31. The molecule has 1 aliphatic rings. The van der Waals surface area contributed by atoms with Crippen molar-refractivity contribution in [3.8, 4) is 5.75 Å². The summed E-state index contributed by atoms with van der Waals surface area (Å²) in [5, 5.41) is 0. The molecule has 0 unspecified atom stereocenters. The van der Waals surface area contributed by atoms with Gasteiger partial charge in [-0.25, -0.2) is 0 Å². The van der Waals surface area contributed by atoms with Crippen molar-refractivity contribution >= 4 is 11.9 Å². The van der Waals surface area contributed by atoms with Crippen LogP contribution in [0, 0.1) is 0 Å². The molecule has 1 aliphatic carbocycles. The van der Waals surface area contributed by atoms with Gasteiger partial charge < -0.3 is 14.4 Å². The second-order valence-electron chi connectivity index (χ2n) is 6.85. The minimum absolute atomic E-state index is 0.00480. The molecule has 1 aromatic carbocycles. The highest BCUT2D eigenvalue weighted by Crippen LogP contribution is 2.23. The summed E-state index contributed by atoms with van der Waals surface area (Å²) in [6.45, 7) is 2.49. The predicted molar refractivity (Wildman–Crippen MR) is 101 cm³/mol. The quantitative estimate of drug-likeness (QED) is 0.523. The molecule has 1 fully saturated rings. The van der Waals surface area contributed by atoms with Gasteiger partial charge in [-0.3, -0.25) is 9.59 Å². The van der Waals surface area contributed by atoms with Crippen LogP contribution in [0.15, 0.2) is 24.3 Å². The van der Waals surface area contributed by atoms with E-state index in [4.69, 9.17) is 9.47 Å². The van der Waals surface area contributed by atoms with Gasteiger partial charge in [0, 0.05) is 12.6 Å². The Morgan fingerprint density at radius 3 is 2.54 bits per heavy atom. The van der Waals surface area contributed by atoms with Crippen molar-refractivity contribution in [2.75, 3.05) is 20.3 Å². The van der Waals surface area contributed by atoms with Crippen LogP contribution in [0.1, 0.15) is 57.4 Å². The van der Waals surface area contributed by atoms with E-state index in [1.807, 2.05) is 29.2 Å². The van der Waals surface area contributed by atoms with Gasteiger partial charge in [0.2, 0.25) is 0 Å². The molecule has 0 radical (unpaired) electrons. The lowest BCUT2D eigenvalue weighted by atomic mass is 10.1. The molecular formula is C21H31NO4. The smallest absolute Gasteiger partial charge is 0.307 e. The van der Waals surface area contributed by atoms with Crippen molar-refractivity contribution < 1.29 is 19.1 Å². The van der Waals surface area contributed by atoms with Crippen molar-refractivity contribution in [2.45, 2.75) is 64.3 Å². The molecule has 1 aromatic rings. The topological polar surface area (TPSA) is 55.8 Å². The van der Waals surface area contributed by atoms with Crippen molar-refractivity contribution in [3.63, 3.8) is 0 Å². The first-order valence-electron chi connectivity index (χ1n) is 9.72. The number of rotatable bonds is 8. The Morgan fingerprint density at radius 1 is 1.15 bits per heavy atom. The van der Waals surface area contributed by atoms with E-state index in [0.717, 1.165) is 32.1 Å². The van der Waals surface area contributed by atoms with Crippen molar-refractivity contribution in [3.05, 3.63) is 29.8 Å².